The van der Waals surface area contributed by atoms with Gasteiger partial charge in [0.15, 0.2) is 0 Å². The third-order valence-electron chi connectivity index (χ3n) is 7.42. The topological polar surface area (TPSA) is 33.4 Å². The second-order valence-corrected chi connectivity index (χ2v) is 9.56. The highest BCUT2D eigenvalue weighted by atomic mass is 15.1. The van der Waals surface area contributed by atoms with E-state index in [0.717, 1.165) is 31.6 Å². The SMILES string of the molecule is Cc1ccc2c(c1)C(CCn1ccnc1C)=CC1=C(N=CCC1)C2C1CCN(C)CC1. The zero-order valence-corrected chi connectivity index (χ0v) is 19.1. The average Bonchev–Trinajstić information content (AvgIpc) is 3.13. The fourth-order valence-electron chi connectivity index (χ4n) is 5.60. The Balaban J connectivity index is 1.57. The monoisotopic (exact) mass is 414 g/mol. The van der Waals surface area contributed by atoms with Gasteiger partial charge in [0, 0.05) is 31.1 Å². The van der Waals surface area contributed by atoms with E-state index in [1.54, 1.807) is 0 Å². The van der Waals surface area contributed by atoms with E-state index < -0.39 is 0 Å². The summed E-state index contributed by atoms with van der Waals surface area (Å²) in [6.45, 7) is 7.66. The molecular formula is C27H34N4. The molecule has 0 N–H and O–H groups in total. The summed E-state index contributed by atoms with van der Waals surface area (Å²) in [6, 6.07) is 7.13. The zero-order chi connectivity index (χ0) is 21.4. The molecule has 1 saturated heterocycles. The standard InChI is InChI=1S/C27H34N4/c1-19-6-7-24-25(17-19)22(10-15-31-16-12-28-20(31)2)18-23-5-4-11-29-27(23)26(24)21-8-13-30(3)14-9-21/h6-7,11-12,16-18,21,26H,4-5,8-10,13-15H2,1-3H3. The number of likely N-dealkylation sites (tertiary alicyclic amines) is 1. The van der Waals surface area contributed by atoms with E-state index in [1.165, 1.54) is 59.5 Å². The van der Waals surface area contributed by atoms with Crippen molar-refractivity contribution in [2.75, 3.05) is 20.1 Å². The van der Waals surface area contributed by atoms with Gasteiger partial charge in [-0.15, -0.1) is 0 Å². The molecule has 0 radical (unpaired) electrons. The zero-order valence-electron chi connectivity index (χ0n) is 19.1. The van der Waals surface area contributed by atoms with Crippen molar-refractivity contribution in [2.45, 2.75) is 58.4 Å². The Bertz CT molecular complexity index is 1050. The van der Waals surface area contributed by atoms with Crippen LogP contribution in [0, 0.1) is 19.8 Å². The molecule has 5 rings (SSSR count). The van der Waals surface area contributed by atoms with Gasteiger partial charge in [0.1, 0.15) is 5.82 Å². The molecule has 31 heavy (non-hydrogen) atoms. The van der Waals surface area contributed by atoms with E-state index in [1.807, 2.05) is 6.20 Å². The molecule has 4 nitrogen and oxygen atoms in total. The molecule has 162 valence electrons. The number of aliphatic imine (C=N–C) groups is 1. The van der Waals surface area contributed by atoms with Gasteiger partial charge >= 0.3 is 0 Å². The first kappa shape index (κ1) is 20.4. The molecule has 1 fully saturated rings. The van der Waals surface area contributed by atoms with E-state index in [0.29, 0.717) is 11.8 Å². The lowest BCUT2D eigenvalue weighted by Crippen LogP contribution is -2.33. The maximum absolute atomic E-state index is 5.05. The average molecular weight is 415 g/mol. The molecule has 0 spiro atoms. The molecule has 1 aromatic heterocycles. The van der Waals surface area contributed by atoms with Crippen LogP contribution in [-0.2, 0) is 6.54 Å². The van der Waals surface area contributed by atoms with Crippen LogP contribution < -0.4 is 0 Å². The lowest BCUT2D eigenvalue weighted by Gasteiger charge is -2.36. The molecular weight excluding hydrogens is 380 g/mol. The van der Waals surface area contributed by atoms with Crippen molar-refractivity contribution >= 4 is 11.8 Å². The first-order valence-electron chi connectivity index (χ1n) is 11.8. The minimum atomic E-state index is 0.416. The van der Waals surface area contributed by atoms with Crippen LogP contribution in [0.5, 0.6) is 0 Å². The summed E-state index contributed by atoms with van der Waals surface area (Å²) in [4.78, 5) is 11.9. The molecule has 3 heterocycles. The number of hydrogen-bond acceptors (Lipinski definition) is 3. The number of nitrogens with zero attached hydrogens (tertiary/aromatic N) is 4. The van der Waals surface area contributed by atoms with Gasteiger partial charge < -0.3 is 9.47 Å². The van der Waals surface area contributed by atoms with Crippen LogP contribution in [0.25, 0.3) is 5.57 Å². The maximum Gasteiger partial charge on any atom is 0.105 e. The maximum atomic E-state index is 5.05. The number of imidazole rings is 1. The Morgan fingerprint density at radius 2 is 1.97 bits per heavy atom. The Morgan fingerprint density at radius 3 is 2.74 bits per heavy atom. The minimum Gasteiger partial charge on any atom is -0.335 e. The van der Waals surface area contributed by atoms with E-state index >= 15 is 0 Å². The molecule has 2 aliphatic heterocycles. The van der Waals surface area contributed by atoms with Crippen LogP contribution in [0.3, 0.4) is 0 Å². The molecule has 0 saturated carbocycles. The van der Waals surface area contributed by atoms with E-state index in [4.69, 9.17) is 4.99 Å². The van der Waals surface area contributed by atoms with Crippen LogP contribution in [0.15, 0.2) is 52.9 Å². The van der Waals surface area contributed by atoms with Crippen molar-refractivity contribution in [1.29, 1.82) is 0 Å². The van der Waals surface area contributed by atoms with Gasteiger partial charge in [-0.25, -0.2) is 4.98 Å². The highest BCUT2D eigenvalue weighted by Gasteiger charge is 2.34. The molecule has 4 heteroatoms. The van der Waals surface area contributed by atoms with Crippen LogP contribution >= 0.6 is 0 Å². The second kappa shape index (κ2) is 8.58. The number of piperidine rings is 1. The quantitative estimate of drug-likeness (QED) is 0.659. The summed E-state index contributed by atoms with van der Waals surface area (Å²) < 4.78 is 2.27. The third-order valence-corrected chi connectivity index (χ3v) is 7.42. The number of rotatable bonds is 4. The number of allylic oxidation sites excluding steroid dienone is 4. The molecule has 3 aliphatic rings. The van der Waals surface area contributed by atoms with Gasteiger partial charge in [0.2, 0.25) is 0 Å². The highest BCUT2D eigenvalue weighted by molar-refractivity contribution is 5.76. The number of benzene rings is 1. The van der Waals surface area contributed by atoms with Gasteiger partial charge in [-0.1, -0.05) is 29.8 Å². The summed E-state index contributed by atoms with van der Waals surface area (Å²) in [5.41, 5.74) is 8.57. The van der Waals surface area contributed by atoms with Crippen molar-refractivity contribution < 1.29 is 0 Å². The van der Waals surface area contributed by atoms with E-state index in [2.05, 4.69) is 72.0 Å². The lowest BCUT2D eigenvalue weighted by atomic mass is 9.75. The van der Waals surface area contributed by atoms with Crippen LogP contribution in [0.4, 0.5) is 0 Å². The molecule has 1 aliphatic carbocycles. The largest absolute Gasteiger partial charge is 0.335 e. The summed E-state index contributed by atoms with van der Waals surface area (Å²) in [7, 11) is 2.25. The van der Waals surface area contributed by atoms with Crippen molar-refractivity contribution in [1.82, 2.24) is 14.5 Å². The summed E-state index contributed by atoms with van der Waals surface area (Å²) in [5, 5.41) is 0. The fourth-order valence-corrected chi connectivity index (χ4v) is 5.60. The molecule has 0 amide bonds. The molecule has 0 bridgehead atoms. The molecule has 1 aromatic carbocycles. The van der Waals surface area contributed by atoms with Crippen molar-refractivity contribution in [3.63, 3.8) is 0 Å². The van der Waals surface area contributed by atoms with Gasteiger partial charge in [-0.3, -0.25) is 4.99 Å². The normalized spacial score (nSPS) is 22.2. The second-order valence-electron chi connectivity index (χ2n) is 9.56. The summed E-state index contributed by atoms with van der Waals surface area (Å²) >= 11 is 0. The van der Waals surface area contributed by atoms with E-state index in [9.17, 15) is 0 Å². The third kappa shape index (κ3) is 4.06. The summed E-state index contributed by atoms with van der Waals surface area (Å²) in [6.07, 6.45) is 14.3. The lowest BCUT2D eigenvalue weighted by molar-refractivity contribution is 0.205. The number of aromatic nitrogens is 2. The minimum absolute atomic E-state index is 0.416. The summed E-state index contributed by atoms with van der Waals surface area (Å²) in [5.74, 6) is 2.17. The first-order chi connectivity index (χ1) is 15.1. The first-order valence-corrected chi connectivity index (χ1v) is 11.8. The van der Waals surface area contributed by atoms with Crippen molar-refractivity contribution in [3.05, 3.63) is 70.5 Å². The Labute approximate surface area is 186 Å². The van der Waals surface area contributed by atoms with Crippen molar-refractivity contribution in [3.8, 4) is 0 Å². The van der Waals surface area contributed by atoms with Crippen LogP contribution in [0.2, 0.25) is 0 Å². The molecule has 2 aromatic rings. The predicted octanol–water partition coefficient (Wildman–Crippen LogP) is 5.53. The van der Waals surface area contributed by atoms with E-state index in [-0.39, 0.29) is 0 Å². The Kier molecular flexibility index (Phi) is 5.66. The predicted molar refractivity (Wildman–Crippen MR) is 128 cm³/mol. The Hall–Kier alpha value is -2.46. The number of aryl methyl sites for hydroxylation is 3. The number of hydrogen-bond donors (Lipinski definition) is 0. The molecule has 1 atom stereocenters. The fraction of sp³-hybridized carbons (Fsp3) is 0.481. The smallest absolute Gasteiger partial charge is 0.105 e. The van der Waals surface area contributed by atoms with Gasteiger partial charge in [0.25, 0.3) is 0 Å². The van der Waals surface area contributed by atoms with Gasteiger partial charge in [-0.2, -0.15) is 0 Å². The van der Waals surface area contributed by atoms with Gasteiger partial charge in [-0.05, 0) is 94.3 Å². The van der Waals surface area contributed by atoms with Crippen molar-refractivity contribution in [2.24, 2.45) is 10.9 Å². The molecule has 1 unspecified atom stereocenters. The van der Waals surface area contributed by atoms with Crippen LogP contribution in [0.1, 0.15) is 60.5 Å². The number of fused-ring (bicyclic) bond motifs is 1. The van der Waals surface area contributed by atoms with Gasteiger partial charge in [0.05, 0.1) is 5.70 Å². The van der Waals surface area contributed by atoms with Crippen LogP contribution in [-0.4, -0.2) is 40.8 Å². The Morgan fingerprint density at radius 1 is 1.13 bits per heavy atom. The highest BCUT2D eigenvalue weighted by Crippen LogP contribution is 2.47.